The quantitative estimate of drug-likeness (QED) is 0.124. The Balaban J connectivity index is 2.04. The van der Waals surface area contributed by atoms with E-state index in [1.54, 1.807) is 0 Å². The van der Waals surface area contributed by atoms with Crippen LogP contribution in [0, 0.1) is 0 Å². The van der Waals surface area contributed by atoms with Crippen LogP contribution in [0.3, 0.4) is 0 Å². The first-order valence-electron chi connectivity index (χ1n) is 10.5. The number of aliphatic hydroxyl groups excluding tert-OH is 12. The Hall–Kier alpha value is -0.640. The molecule has 2 heterocycles. The lowest BCUT2D eigenvalue weighted by Crippen LogP contribution is -2.62. The molecule has 2 aliphatic heterocycles. The van der Waals surface area contributed by atoms with Crippen LogP contribution < -0.4 is 0 Å². The van der Waals surface area contributed by atoms with Crippen molar-refractivity contribution in [1.29, 1.82) is 0 Å². The highest BCUT2D eigenvalue weighted by Crippen LogP contribution is 2.26. The zero-order chi connectivity index (χ0) is 25.7. The minimum atomic E-state index is -2.04. The first kappa shape index (κ1) is 29.6. The Labute approximate surface area is 193 Å². The maximum Gasteiger partial charge on any atom is 0.187 e. The Bertz CT molecular complexity index is 594. The molecule has 12 N–H and O–H groups in total. The van der Waals surface area contributed by atoms with Gasteiger partial charge < -0.3 is 80.2 Å². The van der Waals surface area contributed by atoms with Crippen molar-refractivity contribution in [1.82, 2.24) is 0 Å². The molecule has 0 bridgehead atoms. The molecule has 0 aromatic carbocycles. The molecule has 0 aliphatic carbocycles. The molecule has 0 saturated carbocycles. The minimum Gasteiger partial charge on any atom is -0.394 e. The van der Waals surface area contributed by atoms with E-state index in [9.17, 15) is 61.3 Å². The highest BCUT2D eigenvalue weighted by molar-refractivity contribution is 4.92. The van der Waals surface area contributed by atoms with Crippen LogP contribution in [0.15, 0.2) is 0 Å². The summed E-state index contributed by atoms with van der Waals surface area (Å²) >= 11 is 0. The second-order valence-corrected chi connectivity index (χ2v) is 8.14. The predicted molar refractivity (Wildman–Crippen MR) is 103 cm³/mol. The molecule has 0 amide bonds. The molecular weight excluding hydrogens is 472 g/mol. The van der Waals surface area contributed by atoms with Gasteiger partial charge in [-0.25, -0.2) is 0 Å². The first-order chi connectivity index (χ1) is 16.0. The molecular formula is C18H34O16. The minimum absolute atomic E-state index is 0.728. The molecule has 0 aromatic heterocycles. The van der Waals surface area contributed by atoms with E-state index in [0.717, 1.165) is 0 Å². The van der Waals surface area contributed by atoms with Gasteiger partial charge in [0.2, 0.25) is 0 Å². The summed E-state index contributed by atoms with van der Waals surface area (Å²) in [4.78, 5) is 0. The van der Waals surface area contributed by atoms with Gasteiger partial charge in [0.05, 0.1) is 26.4 Å². The largest absolute Gasteiger partial charge is 0.394 e. The highest BCUT2D eigenvalue weighted by atomic mass is 16.7. The van der Waals surface area contributed by atoms with E-state index in [1.807, 2.05) is 0 Å². The van der Waals surface area contributed by atoms with Crippen molar-refractivity contribution in [2.75, 3.05) is 26.4 Å². The van der Waals surface area contributed by atoms with E-state index in [-0.39, 0.29) is 0 Å². The number of hydrogen-bond donors (Lipinski definition) is 12. The molecule has 14 atom stereocenters. The molecule has 202 valence electrons. The van der Waals surface area contributed by atoms with Gasteiger partial charge >= 0.3 is 0 Å². The van der Waals surface area contributed by atoms with Gasteiger partial charge in [-0.3, -0.25) is 0 Å². The van der Waals surface area contributed by atoms with Crippen molar-refractivity contribution in [2.45, 2.75) is 85.8 Å². The monoisotopic (exact) mass is 506 g/mol. The summed E-state index contributed by atoms with van der Waals surface area (Å²) in [6.45, 7) is -3.31. The first-order valence-corrected chi connectivity index (χ1v) is 10.5. The van der Waals surface area contributed by atoms with Gasteiger partial charge in [-0.15, -0.1) is 0 Å². The second-order valence-electron chi connectivity index (χ2n) is 8.14. The second kappa shape index (κ2) is 13.1. The normalized spacial score (nSPS) is 42.7. The average Bonchev–Trinajstić information content (AvgIpc) is 2.84. The molecule has 16 nitrogen and oxygen atoms in total. The van der Waals surface area contributed by atoms with E-state index >= 15 is 0 Å². The zero-order valence-corrected chi connectivity index (χ0v) is 17.9. The van der Waals surface area contributed by atoms with Gasteiger partial charge in [0.1, 0.15) is 73.2 Å². The van der Waals surface area contributed by atoms with Crippen molar-refractivity contribution >= 4 is 0 Å². The number of rotatable bonds is 11. The fourth-order valence-corrected chi connectivity index (χ4v) is 3.55. The van der Waals surface area contributed by atoms with Gasteiger partial charge in [-0.2, -0.15) is 0 Å². The highest BCUT2D eigenvalue weighted by Gasteiger charge is 2.47. The van der Waals surface area contributed by atoms with Gasteiger partial charge in [0, 0.05) is 0 Å². The Morgan fingerprint density at radius 3 is 1.56 bits per heavy atom. The summed E-state index contributed by atoms with van der Waals surface area (Å²) in [5.74, 6) is 0. The molecule has 34 heavy (non-hydrogen) atoms. The topological polar surface area (TPSA) is 280 Å². The predicted octanol–water partition coefficient (Wildman–Crippen LogP) is -7.94. The summed E-state index contributed by atoms with van der Waals surface area (Å²) < 4.78 is 20.6. The van der Waals surface area contributed by atoms with Gasteiger partial charge in [0.15, 0.2) is 12.6 Å². The van der Waals surface area contributed by atoms with Gasteiger partial charge in [0.25, 0.3) is 0 Å². The Morgan fingerprint density at radius 1 is 0.618 bits per heavy atom. The third kappa shape index (κ3) is 6.56. The van der Waals surface area contributed by atoms with Crippen molar-refractivity contribution < 1.29 is 80.2 Å². The molecule has 2 rings (SSSR count). The van der Waals surface area contributed by atoms with Crippen LogP contribution in [0.25, 0.3) is 0 Å². The number of hydrogen-bond acceptors (Lipinski definition) is 16. The van der Waals surface area contributed by atoms with E-state index in [1.165, 1.54) is 0 Å². The van der Waals surface area contributed by atoms with Crippen LogP contribution in [0.5, 0.6) is 0 Å². The van der Waals surface area contributed by atoms with Gasteiger partial charge in [-0.1, -0.05) is 0 Å². The third-order valence-corrected chi connectivity index (χ3v) is 5.72. The van der Waals surface area contributed by atoms with E-state index < -0.39 is 112 Å². The maximum absolute atomic E-state index is 10.5. The number of aliphatic hydroxyl groups is 12. The SMILES string of the molecule is OC[C@@H](O)[C@@H](O[C@@H]1O[C@H](CO)[C@H](O)[C@H](O)[C@H]1O)[C@H](O)[C@@H](O)CO[C@@H]1O[C@H](CO)[C@H](O)[C@H](O)[C@H]1O. The molecule has 0 aromatic rings. The van der Waals surface area contributed by atoms with Crippen LogP contribution in [-0.2, 0) is 18.9 Å². The summed E-state index contributed by atoms with van der Waals surface area (Å²) in [5, 5.41) is 118. The zero-order valence-electron chi connectivity index (χ0n) is 17.9. The lowest BCUT2D eigenvalue weighted by molar-refractivity contribution is -0.330. The van der Waals surface area contributed by atoms with Crippen molar-refractivity contribution in [3.8, 4) is 0 Å². The fraction of sp³-hybridized carbons (Fsp3) is 1.00. The van der Waals surface area contributed by atoms with E-state index in [0.29, 0.717) is 0 Å². The lowest BCUT2D eigenvalue weighted by atomic mass is 9.98. The van der Waals surface area contributed by atoms with Crippen LogP contribution in [0.1, 0.15) is 0 Å². The standard InChI is InChI=1S/C18H34O16/c19-1-5(22)16(34-18-15(30)13(28)11(26)8(3-21)33-18)9(24)6(23)4-31-17-14(29)12(27)10(25)7(2-20)32-17/h5-30H,1-4H2/t5-,6+,7-,8-,9-,10+,11+,12+,13+,14-,15-,16-,17-,18+/m1/s1. The van der Waals surface area contributed by atoms with Crippen molar-refractivity contribution in [3.63, 3.8) is 0 Å². The van der Waals surface area contributed by atoms with E-state index in [2.05, 4.69) is 0 Å². The van der Waals surface area contributed by atoms with Crippen LogP contribution in [0.4, 0.5) is 0 Å². The van der Waals surface area contributed by atoms with Gasteiger partial charge in [-0.05, 0) is 0 Å². The molecule has 0 spiro atoms. The molecule has 0 unspecified atom stereocenters. The van der Waals surface area contributed by atoms with E-state index in [4.69, 9.17) is 18.9 Å². The third-order valence-electron chi connectivity index (χ3n) is 5.72. The average molecular weight is 506 g/mol. The fourth-order valence-electron chi connectivity index (χ4n) is 3.55. The van der Waals surface area contributed by atoms with Crippen molar-refractivity contribution in [3.05, 3.63) is 0 Å². The summed E-state index contributed by atoms with van der Waals surface area (Å²) in [6, 6.07) is 0. The van der Waals surface area contributed by atoms with Crippen LogP contribution in [0.2, 0.25) is 0 Å². The van der Waals surface area contributed by atoms with Crippen molar-refractivity contribution in [2.24, 2.45) is 0 Å². The molecule has 2 aliphatic rings. The number of ether oxygens (including phenoxy) is 4. The summed E-state index contributed by atoms with van der Waals surface area (Å²) in [5.41, 5.74) is 0. The van der Waals surface area contributed by atoms with Crippen LogP contribution in [-0.4, -0.2) is 174 Å². The smallest absolute Gasteiger partial charge is 0.187 e. The summed E-state index contributed by atoms with van der Waals surface area (Å²) in [7, 11) is 0. The Morgan fingerprint density at radius 2 is 1.09 bits per heavy atom. The molecule has 2 fully saturated rings. The Kier molecular flexibility index (Phi) is 11.4. The molecule has 16 heteroatoms. The molecule has 2 saturated heterocycles. The molecule has 0 radical (unpaired) electrons. The van der Waals surface area contributed by atoms with Crippen LogP contribution >= 0.6 is 0 Å². The lowest BCUT2D eigenvalue weighted by Gasteiger charge is -2.42. The maximum atomic E-state index is 10.5. The summed E-state index contributed by atoms with van der Waals surface area (Å²) in [6.07, 6.45) is -24.4.